The van der Waals surface area contributed by atoms with E-state index in [9.17, 15) is 19.5 Å². The smallest absolute Gasteiger partial charge is 0.463 e. The van der Waals surface area contributed by atoms with Crippen molar-refractivity contribution in [3.8, 4) is 0 Å². The molecule has 0 saturated heterocycles. The van der Waals surface area contributed by atoms with Gasteiger partial charge in [-0.05, 0) is 6.92 Å². The maximum absolute atomic E-state index is 11.9. The molecule has 0 aliphatic carbocycles. The van der Waals surface area contributed by atoms with Gasteiger partial charge in [0.15, 0.2) is 0 Å². The van der Waals surface area contributed by atoms with Crippen molar-refractivity contribution in [1.82, 2.24) is 5.32 Å². The Morgan fingerprint density at radius 2 is 1.77 bits per heavy atom. The first kappa shape index (κ1) is 20.1. The van der Waals surface area contributed by atoms with Gasteiger partial charge in [0.25, 0.3) is 0 Å². The van der Waals surface area contributed by atoms with E-state index < -0.39 is 30.8 Å². The first-order valence-corrected chi connectivity index (χ1v) is 6.66. The highest BCUT2D eigenvalue weighted by atomic mass is 16.7. The highest BCUT2D eigenvalue weighted by Crippen LogP contribution is 2.18. The number of hydrogen-bond acceptors (Lipinski definition) is 8. The number of carbonyl (C=O) groups excluding carboxylic acids is 3. The van der Waals surface area contributed by atoms with Gasteiger partial charge in [-0.15, -0.1) is 0 Å². The third-order valence-corrected chi connectivity index (χ3v) is 2.57. The average molecular weight is 321 g/mol. The van der Waals surface area contributed by atoms with Crippen molar-refractivity contribution in [2.45, 2.75) is 13.8 Å². The molecule has 1 amide bonds. The molecule has 0 aromatic rings. The van der Waals surface area contributed by atoms with Crippen molar-refractivity contribution < 1.29 is 38.4 Å². The summed E-state index contributed by atoms with van der Waals surface area (Å²) in [6.45, 7) is 2.10. The highest BCUT2D eigenvalue weighted by Gasteiger charge is 2.36. The Morgan fingerprint density at radius 1 is 1.09 bits per heavy atom. The topological polar surface area (TPSA) is 120 Å². The molecule has 0 spiro atoms. The number of amides is 1. The van der Waals surface area contributed by atoms with Crippen molar-refractivity contribution in [3.63, 3.8) is 0 Å². The Hall–Kier alpha value is -1.87. The molecule has 0 radical (unpaired) electrons. The molecule has 0 aliphatic heterocycles. The van der Waals surface area contributed by atoms with Crippen LogP contribution in [-0.4, -0.2) is 69.8 Å². The van der Waals surface area contributed by atoms with E-state index in [4.69, 9.17) is 14.2 Å². The van der Waals surface area contributed by atoms with Gasteiger partial charge < -0.3 is 29.4 Å². The molecule has 0 aliphatic rings. The summed E-state index contributed by atoms with van der Waals surface area (Å²) >= 11 is 0. The molecule has 2 N–H and O–H groups in total. The zero-order chi connectivity index (χ0) is 17.0. The van der Waals surface area contributed by atoms with E-state index in [0.717, 1.165) is 0 Å². The van der Waals surface area contributed by atoms with E-state index in [0.29, 0.717) is 0 Å². The van der Waals surface area contributed by atoms with Gasteiger partial charge in [0.05, 0.1) is 19.8 Å². The van der Waals surface area contributed by atoms with Gasteiger partial charge in [-0.3, -0.25) is 9.59 Å². The molecule has 0 heterocycles. The van der Waals surface area contributed by atoms with E-state index in [-0.39, 0.29) is 32.3 Å². The van der Waals surface area contributed by atoms with Crippen LogP contribution in [0.25, 0.3) is 0 Å². The summed E-state index contributed by atoms with van der Waals surface area (Å²) in [7, 11) is 1.45. The zero-order valence-electron chi connectivity index (χ0n) is 13.0. The van der Waals surface area contributed by atoms with Gasteiger partial charge in [0.2, 0.25) is 5.91 Å². The number of carbonyl (C=O) groups is 3. The standard InChI is InChI=1S/C13H23NO8/c1-10(16)14-4-5-20-11(17)13(2,8-15)9-22-12(18)21-7-6-19-3/h15H,4-9H2,1-3H3,(H,14,16). The Kier molecular flexibility index (Phi) is 9.88. The van der Waals surface area contributed by atoms with E-state index in [1.165, 1.54) is 21.0 Å². The summed E-state index contributed by atoms with van der Waals surface area (Å²) < 4.78 is 19.0. The quantitative estimate of drug-likeness (QED) is 0.407. The third-order valence-electron chi connectivity index (χ3n) is 2.57. The van der Waals surface area contributed by atoms with Crippen LogP contribution in [0.15, 0.2) is 0 Å². The highest BCUT2D eigenvalue weighted by molar-refractivity contribution is 5.77. The summed E-state index contributed by atoms with van der Waals surface area (Å²) in [5.74, 6) is -0.992. The summed E-state index contributed by atoms with van der Waals surface area (Å²) in [6, 6.07) is 0. The minimum atomic E-state index is -1.41. The normalized spacial score (nSPS) is 12.9. The van der Waals surface area contributed by atoms with Gasteiger partial charge in [0.1, 0.15) is 25.2 Å². The van der Waals surface area contributed by atoms with Crippen LogP contribution >= 0.6 is 0 Å². The Bertz CT molecular complexity index is 373. The molecule has 0 fully saturated rings. The second kappa shape index (κ2) is 10.8. The number of methoxy groups -OCH3 is 1. The van der Waals surface area contributed by atoms with Crippen LogP contribution < -0.4 is 5.32 Å². The molecule has 22 heavy (non-hydrogen) atoms. The zero-order valence-corrected chi connectivity index (χ0v) is 13.0. The molecular formula is C13H23NO8. The average Bonchev–Trinajstić information content (AvgIpc) is 2.49. The number of aliphatic hydroxyl groups is 1. The van der Waals surface area contributed by atoms with Crippen LogP contribution in [0.5, 0.6) is 0 Å². The predicted octanol–water partition coefficient (Wildman–Crippen LogP) is -0.536. The third kappa shape index (κ3) is 8.42. The fourth-order valence-electron chi connectivity index (χ4n) is 1.18. The lowest BCUT2D eigenvalue weighted by atomic mass is 9.93. The molecule has 0 rings (SSSR count). The molecule has 0 aromatic heterocycles. The van der Waals surface area contributed by atoms with Crippen molar-refractivity contribution in [3.05, 3.63) is 0 Å². The summed E-state index contributed by atoms with van der Waals surface area (Å²) in [6.07, 6.45) is -0.970. The molecule has 0 bridgehead atoms. The number of rotatable bonds is 10. The minimum absolute atomic E-state index is 0.0202. The fourth-order valence-corrected chi connectivity index (χ4v) is 1.18. The van der Waals surface area contributed by atoms with Crippen LogP contribution in [0, 0.1) is 5.41 Å². The summed E-state index contributed by atoms with van der Waals surface area (Å²) in [4.78, 5) is 33.8. The predicted molar refractivity (Wildman–Crippen MR) is 74.0 cm³/mol. The van der Waals surface area contributed by atoms with Crippen molar-refractivity contribution in [1.29, 1.82) is 0 Å². The Morgan fingerprint density at radius 3 is 2.32 bits per heavy atom. The maximum Gasteiger partial charge on any atom is 0.508 e. The molecule has 9 heteroatoms. The number of hydrogen-bond donors (Lipinski definition) is 2. The Labute approximate surface area is 128 Å². The second-order valence-corrected chi connectivity index (χ2v) is 4.72. The van der Waals surface area contributed by atoms with Gasteiger partial charge in [-0.2, -0.15) is 0 Å². The Balaban J connectivity index is 4.17. The first-order chi connectivity index (χ1) is 10.4. The first-order valence-electron chi connectivity index (χ1n) is 6.66. The van der Waals surface area contributed by atoms with Crippen LogP contribution in [0.2, 0.25) is 0 Å². The number of ether oxygens (including phenoxy) is 4. The van der Waals surface area contributed by atoms with E-state index in [1.54, 1.807) is 0 Å². The van der Waals surface area contributed by atoms with Gasteiger partial charge in [0, 0.05) is 14.0 Å². The van der Waals surface area contributed by atoms with Crippen LogP contribution in [-0.2, 0) is 28.5 Å². The lowest BCUT2D eigenvalue weighted by molar-refractivity contribution is -0.160. The van der Waals surface area contributed by atoms with E-state index in [2.05, 4.69) is 10.1 Å². The summed E-state index contributed by atoms with van der Waals surface area (Å²) in [5, 5.41) is 11.8. The lowest BCUT2D eigenvalue weighted by Gasteiger charge is -2.24. The van der Waals surface area contributed by atoms with E-state index in [1.807, 2.05) is 0 Å². The van der Waals surface area contributed by atoms with Gasteiger partial charge in [-0.25, -0.2) is 4.79 Å². The molecule has 0 saturated carbocycles. The second-order valence-electron chi connectivity index (χ2n) is 4.72. The molecule has 1 atom stereocenters. The number of esters is 1. The van der Waals surface area contributed by atoms with Crippen molar-refractivity contribution >= 4 is 18.0 Å². The van der Waals surface area contributed by atoms with Crippen LogP contribution in [0.1, 0.15) is 13.8 Å². The van der Waals surface area contributed by atoms with Gasteiger partial charge in [-0.1, -0.05) is 0 Å². The molecule has 128 valence electrons. The molecule has 0 aromatic carbocycles. The molecule has 9 nitrogen and oxygen atoms in total. The summed E-state index contributed by atoms with van der Waals surface area (Å²) in [5.41, 5.74) is -1.41. The SMILES string of the molecule is COCCOC(=O)OCC(C)(CO)C(=O)OCCNC(C)=O. The number of nitrogens with one attached hydrogen (secondary N) is 1. The molecule has 1 unspecified atom stereocenters. The number of aliphatic hydroxyl groups excluding tert-OH is 1. The lowest BCUT2D eigenvalue weighted by Crippen LogP contribution is -2.40. The monoisotopic (exact) mass is 321 g/mol. The fraction of sp³-hybridized carbons (Fsp3) is 0.769. The van der Waals surface area contributed by atoms with Crippen LogP contribution in [0.4, 0.5) is 4.79 Å². The largest absolute Gasteiger partial charge is 0.508 e. The van der Waals surface area contributed by atoms with Crippen molar-refractivity contribution in [2.24, 2.45) is 5.41 Å². The van der Waals surface area contributed by atoms with Gasteiger partial charge >= 0.3 is 12.1 Å². The van der Waals surface area contributed by atoms with Crippen LogP contribution in [0.3, 0.4) is 0 Å². The van der Waals surface area contributed by atoms with E-state index >= 15 is 0 Å². The maximum atomic E-state index is 11.9. The minimum Gasteiger partial charge on any atom is -0.463 e. The van der Waals surface area contributed by atoms with Crippen molar-refractivity contribution in [2.75, 3.05) is 46.7 Å². The molecular weight excluding hydrogens is 298 g/mol.